The van der Waals surface area contributed by atoms with Crippen molar-refractivity contribution in [1.82, 2.24) is 9.55 Å². The number of hydrogen-bond donors (Lipinski definition) is 0. The maximum absolute atomic E-state index is 14.5. The summed E-state index contributed by atoms with van der Waals surface area (Å²) in [5.74, 6) is 0.368. The first-order chi connectivity index (χ1) is 12.7. The van der Waals surface area contributed by atoms with E-state index in [1.165, 1.54) is 25.3 Å². The fourth-order valence-corrected chi connectivity index (χ4v) is 4.76. The lowest BCUT2D eigenvalue weighted by atomic mass is 9.85. The van der Waals surface area contributed by atoms with Crippen LogP contribution >= 0.6 is 11.3 Å². The molecule has 0 saturated heterocycles. The fourth-order valence-electron chi connectivity index (χ4n) is 3.80. The molecule has 1 aromatic carbocycles. The average Bonchev–Trinajstić information content (AvgIpc) is 3.06. The van der Waals surface area contributed by atoms with Gasteiger partial charge in [0.25, 0.3) is 0 Å². The predicted octanol–water partition coefficient (Wildman–Crippen LogP) is 5.73. The largest absolute Gasteiger partial charge is 0.313 e. The van der Waals surface area contributed by atoms with Gasteiger partial charge in [-0.15, -0.1) is 11.3 Å². The number of nitrogens with zero attached hydrogens (tertiary/aromatic N) is 3. The van der Waals surface area contributed by atoms with Gasteiger partial charge in [-0.2, -0.15) is 0 Å². The molecule has 0 bridgehead atoms. The van der Waals surface area contributed by atoms with Crippen molar-refractivity contribution in [2.24, 2.45) is 10.9 Å². The number of halogens is 1. The first-order valence-electron chi connectivity index (χ1n) is 9.14. The van der Waals surface area contributed by atoms with Crippen LogP contribution < -0.4 is 4.80 Å². The molecule has 5 heteroatoms. The minimum atomic E-state index is -0.185. The minimum absolute atomic E-state index is 0.185. The monoisotopic (exact) mass is 367 g/mol. The molecule has 2 atom stereocenters. The first kappa shape index (κ1) is 17.2. The van der Waals surface area contributed by atoms with Crippen molar-refractivity contribution in [3.05, 3.63) is 64.8 Å². The Morgan fingerprint density at radius 1 is 1.15 bits per heavy atom. The summed E-state index contributed by atoms with van der Waals surface area (Å²) in [6, 6.07) is 11.2. The third-order valence-electron chi connectivity index (χ3n) is 5.16. The molecule has 2 heterocycles. The van der Waals surface area contributed by atoms with Gasteiger partial charge in [0.1, 0.15) is 5.82 Å². The van der Waals surface area contributed by atoms with Crippen molar-refractivity contribution < 1.29 is 4.39 Å². The third kappa shape index (κ3) is 3.36. The van der Waals surface area contributed by atoms with Gasteiger partial charge in [0, 0.05) is 23.2 Å². The number of aromatic nitrogens is 2. The van der Waals surface area contributed by atoms with E-state index in [4.69, 9.17) is 4.99 Å². The van der Waals surface area contributed by atoms with Crippen molar-refractivity contribution in [2.75, 3.05) is 0 Å². The van der Waals surface area contributed by atoms with E-state index in [2.05, 4.69) is 16.5 Å². The fraction of sp³-hybridized carbons (Fsp3) is 0.333. The van der Waals surface area contributed by atoms with Crippen LogP contribution in [-0.2, 0) is 0 Å². The Hall–Kier alpha value is -2.27. The average molecular weight is 367 g/mol. The second-order valence-electron chi connectivity index (χ2n) is 6.91. The molecule has 1 aliphatic carbocycles. The van der Waals surface area contributed by atoms with Gasteiger partial charge in [-0.05, 0) is 43.0 Å². The summed E-state index contributed by atoms with van der Waals surface area (Å²) in [4.78, 5) is 9.89. The molecule has 4 rings (SSSR count). The van der Waals surface area contributed by atoms with E-state index in [1.54, 1.807) is 29.8 Å². The predicted molar refractivity (Wildman–Crippen MR) is 104 cm³/mol. The van der Waals surface area contributed by atoms with E-state index < -0.39 is 0 Å². The highest BCUT2D eigenvalue weighted by Crippen LogP contribution is 2.36. The van der Waals surface area contributed by atoms with Crippen molar-refractivity contribution >= 4 is 17.0 Å². The minimum Gasteiger partial charge on any atom is -0.313 e. The molecule has 0 radical (unpaired) electrons. The third-order valence-corrected chi connectivity index (χ3v) is 6.00. The topological polar surface area (TPSA) is 30.2 Å². The van der Waals surface area contributed by atoms with Crippen LogP contribution in [0.2, 0.25) is 0 Å². The van der Waals surface area contributed by atoms with Gasteiger partial charge < -0.3 is 4.57 Å². The van der Waals surface area contributed by atoms with Crippen LogP contribution in [0.4, 0.5) is 10.1 Å². The summed E-state index contributed by atoms with van der Waals surface area (Å²) >= 11 is 1.57. The molecule has 0 amide bonds. The molecule has 0 aliphatic heterocycles. The highest BCUT2D eigenvalue weighted by Gasteiger charge is 2.26. The number of rotatable bonds is 3. The zero-order valence-electron chi connectivity index (χ0n) is 14.8. The lowest BCUT2D eigenvalue weighted by Gasteiger charge is -2.31. The summed E-state index contributed by atoms with van der Waals surface area (Å²) in [5, 5.41) is 2.04. The van der Waals surface area contributed by atoms with Gasteiger partial charge in [-0.25, -0.2) is 9.38 Å². The second-order valence-corrected chi connectivity index (χ2v) is 7.74. The van der Waals surface area contributed by atoms with Gasteiger partial charge in [0.05, 0.1) is 17.6 Å². The van der Waals surface area contributed by atoms with Gasteiger partial charge in [-0.1, -0.05) is 31.9 Å². The van der Waals surface area contributed by atoms with Crippen LogP contribution in [0.25, 0.3) is 11.3 Å². The van der Waals surface area contributed by atoms with E-state index in [-0.39, 0.29) is 5.82 Å². The van der Waals surface area contributed by atoms with Crippen molar-refractivity contribution in [1.29, 1.82) is 0 Å². The molecule has 1 saturated carbocycles. The van der Waals surface area contributed by atoms with E-state index in [1.807, 2.05) is 29.6 Å². The van der Waals surface area contributed by atoms with Crippen LogP contribution in [0.3, 0.4) is 0 Å². The quantitative estimate of drug-likeness (QED) is 0.581. The highest BCUT2D eigenvalue weighted by molar-refractivity contribution is 7.07. The molecular weight excluding hydrogens is 345 g/mol. The normalized spacial score (nSPS) is 21.1. The van der Waals surface area contributed by atoms with Gasteiger partial charge >= 0.3 is 0 Å². The van der Waals surface area contributed by atoms with Crippen LogP contribution in [0, 0.1) is 11.7 Å². The van der Waals surface area contributed by atoms with Crippen LogP contribution in [-0.4, -0.2) is 9.55 Å². The van der Waals surface area contributed by atoms with Crippen LogP contribution in [0.1, 0.15) is 38.6 Å². The molecule has 3 nitrogen and oxygen atoms in total. The molecule has 2 aromatic heterocycles. The van der Waals surface area contributed by atoms with Gasteiger partial charge in [0.15, 0.2) is 4.80 Å². The Labute approximate surface area is 156 Å². The summed E-state index contributed by atoms with van der Waals surface area (Å²) < 4.78 is 16.8. The van der Waals surface area contributed by atoms with Crippen LogP contribution in [0.15, 0.2) is 59.2 Å². The van der Waals surface area contributed by atoms with E-state index in [9.17, 15) is 4.39 Å². The smallest absolute Gasteiger partial charge is 0.190 e. The van der Waals surface area contributed by atoms with Gasteiger partial charge in [-0.3, -0.25) is 4.98 Å². The molecule has 1 fully saturated rings. The van der Waals surface area contributed by atoms with Gasteiger partial charge in [0.2, 0.25) is 0 Å². The Bertz CT molecular complexity index is 945. The Morgan fingerprint density at radius 3 is 2.77 bits per heavy atom. The number of thiazole rings is 1. The van der Waals surface area contributed by atoms with Crippen molar-refractivity contribution in [3.63, 3.8) is 0 Å². The molecule has 3 aromatic rings. The SMILES string of the molecule is CC1CCCCC1n1c(-c2ccccc2F)csc1=Nc1cccnc1. The molecule has 1 aliphatic rings. The standard InChI is InChI=1S/C21H22FN3S/c1-15-7-2-5-11-19(15)25-20(17-9-3-4-10-18(17)22)14-26-21(25)24-16-8-6-12-23-13-16/h3-4,6,8-10,12-15,19H,2,5,7,11H2,1H3. The summed E-state index contributed by atoms with van der Waals surface area (Å²) in [5.41, 5.74) is 2.40. The van der Waals surface area contributed by atoms with E-state index >= 15 is 0 Å². The maximum atomic E-state index is 14.5. The Kier molecular flexibility index (Phi) is 4.98. The number of benzene rings is 1. The molecular formula is C21H22FN3S. The highest BCUT2D eigenvalue weighted by atomic mass is 32.1. The Balaban J connectivity index is 1.90. The first-order valence-corrected chi connectivity index (χ1v) is 10.0. The maximum Gasteiger partial charge on any atom is 0.190 e. The molecule has 0 N–H and O–H groups in total. The Morgan fingerprint density at radius 2 is 2.00 bits per heavy atom. The molecule has 134 valence electrons. The lowest BCUT2D eigenvalue weighted by molar-refractivity contribution is 0.255. The molecule has 0 spiro atoms. The van der Waals surface area contributed by atoms with Crippen molar-refractivity contribution in [2.45, 2.75) is 38.6 Å². The zero-order chi connectivity index (χ0) is 17.9. The lowest BCUT2D eigenvalue weighted by Crippen LogP contribution is -2.28. The van der Waals surface area contributed by atoms with Crippen molar-refractivity contribution in [3.8, 4) is 11.3 Å². The summed E-state index contributed by atoms with van der Waals surface area (Å²) in [6.45, 7) is 2.30. The number of pyridine rings is 1. The summed E-state index contributed by atoms with van der Waals surface area (Å²) in [6.07, 6.45) is 8.30. The van der Waals surface area contributed by atoms with E-state index in [0.717, 1.165) is 22.6 Å². The number of hydrogen-bond acceptors (Lipinski definition) is 3. The van der Waals surface area contributed by atoms with E-state index in [0.29, 0.717) is 17.5 Å². The second kappa shape index (κ2) is 7.54. The van der Waals surface area contributed by atoms with Crippen LogP contribution in [0.5, 0.6) is 0 Å². The summed E-state index contributed by atoms with van der Waals surface area (Å²) in [7, 11) is 0. The zero-order valence-corrected chi connectivity index (χ0v) is 15.6. The molecule has 2 unspecified atom stereocenters. The molecule has 26 heavy (non-hydrogen) atoms.